The number of nitriles is 1. The van der Waals surface area contributed by atoms with Crippen molar-refractivity contribution in [1.29, 1.82) is 5.26 Å². The molecule has 2 aromatic rings. The van der Waals surface area contributed by atoms with Gasteiger partial charge in [-0.2, -0.15) is 5.26 Å². The molecular weight excluding hydrogens is 420 g/mol. The molecule has 1 N–H and O–H groups in total. The average molecular weight is 444 g/mol. The van der Waals surface area contributed by atoms with Gasteiger partial charge in [0.05, 0.1) is 12.1 Å². The molecule has 2 aliphatic heterocycles. The number of piperazine rings is 1. The van der Waals surface area contributed by atoms with Crippen molar-refractivity contribution < 1.29 is 14.4 Å². The van der Waals surface area contributed by atoms with Crippen LogP contribution in [-0.2, 0) is 9.59 Å². The second-order valence-corrected chi connectivity index (χ2v) is 8.51. The Morgan fingerprint density at radius 3 is 2.58 bits per heavy atom. The van der Waals surface area contributed by atoms with Crippen molar-refractivity contribution >= 4 is 23.5 Å². The summed E-state index contributed by atoms with van der Waals surface area (Å²) in [5.74, 6) is 0.0338. The van der Waals surface area contributed by atoms with Gasteiger partial charge in [0.25, 0.3) is 5.91 Å². The number of benzene rings is 1. The van der Waals surface area contributed by atoms with Gasteiger partial charge in [0.15, 0.2) is 0 Å². The zero-order valence-corrected chi connectivity index (χ0v) is 18.1. The summed E-state index contributed by atoms with van der Waals surface area (Å²) in [4.78, 5) is 48.3. The van der Waals surface area contributed by atoms with Gasteiger partial charge in [-0.15, -0.1) is 0 Å². The molecule has 1 aromatic heterocycles. The highest BCUT2D eigenvalue weighted by Gasteiger charge is 2.47. The summed E-state index contributed by atoms with van der Waals surface area (Å²) >= 11 is 0. The average Bonchev–Trinajstić information content (AvgIpc) is 3.66. The van der Waals surface area contributed by atoms with E-state index in [2.05, 4.69) is 16.4 Å². The third kappa shape index (κ3) is 3.89. The summed E-state index contributed by atoms with van der Waals surface area (Å²) in [5, 5.41) is 12.1. The Hall–Kier alpha value is -3.93. The van der Waals surface area contributed by atoms with Crippen molar-refractivity contribution in [2.45, 2.75) is 24.9 Å². The van der Waals surface area contributed by atoms with Gasteiger partial charge in [0.1, 0.15) is 17.9 Å². The fourth-order valence-corrected chi connectivity index (χ4v) is 4.61. The molecule has 33 heavy (non-hydrogen) atoms. The van der Waals surface area contributed by atoms with E-state index in [0.717, 1.165) is 12.8 Å². The fraction of sp³-hybridized carbons (Fsp3) is 0.375. The number of pyridine rings is 1. The molecule has 9 nitrogen and oxygen atoms in total. The molecule has 5 rings (SSSR count). The van der Waals surface area contributed by atoms with Crippen molar-refractivity contribution in [3.8, 4) is 6.07 Å². The third-order valence-electron chi connectivity index (χ3n) is 6.44. The van der Waals surface area contributed by atoms with Gasteiger partial charge in [-0.3, -0.25) is 14.4 Å². The molecule has 9 heteroatoms. The van der Waals surface area contributed by atoms with E-state index >= 15 is 0 Å². The van der Waals surface area contributed by atoms with Crippen molar-refractivity contribution in [1.82, 2.24) is 20.1 Å². The second kappa shape index (κ2) is 8.54. The first kappa shape index (κ1) is 20.9. The molecule has 3 aliphatic rings. The molecule has 1 saturated heterocycles. The van der Waals surface area contributed by atoms with E-state index in [1.165, 1.54) is 0 Å². The number of hydrogen-bond acceptors (Lipinski definition) is 6. The predicted octanol–water partition coefficient (Wildman–Crippen LogP) is 1.08. The molecular formula is C24H24N6O3. The van der Waals surface area contributed by atoms with Crippen molar-refractivity contribution in [3.05, 3.63) is 59.3 Å². The minimum atomic E-state index is -0.681. The van der Waals surface area contributed by atoms with E-state index < -0.39 is 6.04 Å². The Labute approximate surface area is 191 Å². The van der Waals surface area contributed by atoms with Gasteiger partial charge in [0, 0.05) is 44.0 Å². The van der Waals surface area contributed by atoms with E-state index in [0.29, 0.717) is 48.7 Å². The molecule has 2 fully saturated rings. The molecule has 3 heterocycles. The van der Waals surface area contributed by atoms with Crippen LogP contribution in [0.25, 0.3) is 0 Å². The zero-order valence-electron chi connectivity index (χ0n) is 18.1. The molecule has 1 aromatic carbocycles. The third-order valence-corrected chi connectivity index (χ3v) is 6.44. The van der Waals surface area contributed by atoms with Gasteiger partial charge in [-0.25, -0.2) is 4.98 Å². The van der Waals surface area contributed by atoms with Crippen LogP contribution in [-0.4, -0.2) is 71.3 Å². The van der Waals surface area contributed by atoms with E-state index in [4.69, 9.17) is 0 Å². The van der Waals surface area contributed by atoms with Gasteiger partial charge >= 0.3 is 0 Å². The Morgan fingerprint density at radius 2 is 1.85 bits per heavy atom. The number of rotatable bonds is 5. The topological polar surface area (TPSA) is 110 Å². The maximum atomic E-state index is 13.1. The normalized spacial score (nSPS) is 19.8. The van der Waals surface area contributed by atoms with Crippen molar-refractivity contribution in [2.75, 3.05) is 37.6 Å². The lowest BCUT2D eigenvalue weighted by atomic mass is 10.0. The quantitative estimate of drug-likeness (QED) is 0.739. The number of anilines is 1. The highest BCUT2D eigenvalue weighted by atomic mass is 16.2. The summed E-state index contributed by atoms with van der Waals surface area (Å²) in [5.41, 5.74) is 1.78. The summed E-state index contributed by atoms with van der Waals surface area (Å²) in [6.07, 6.45) is 3.45. The lowest BCUT2D eigenvalue weighted by Crippen LogP contribution is -2.52. The number of nitrogens with zero attached hydrogens (tertiary/aromatic N) is 5. The van der Waals surface area contributed by atoms with Crippen LogP contribution in [0.15, 0.2) is 42.6 Å². The number of amides is 3. The van der Waals surface area contributed by atoms with Gasteiger partial charge in [-0.05, 0) is 36.6 Å². The van der Waals surface area contributed by atoms with E-state index in [1.807, 2.05) is 17.0 Å². The minimum Gasteiger partial charge on any atom is -0.352 e. The zero-order chi connectivity index (χ0) is 22.9. The molecule has 0 bridgehead atoms. The maximum absolute atomic E-state index is 13.1. The minimum absolute atomic E-state index is 0.0920. The first-order chi connectivity index (χ1) is 16.1. The van der Waals surface area contributed by atoms with Gasteiger partial charge in [0.2, 0.25) is 11.8 Å². The number of carbonyl (C=O) groups excluding carboxylic acids is 3. The first-order valence-corrected chi connectivity index (χ1v) is 11.2. The summed E-state index contributed by atoms with van der Waals surface area (Å²) < 4.78 is 0. The van der Waals surface area contributed by atoms with E-state index in [-0.39, 0.29) is 30.3 Å². The number of carbonyl (C=O) groups is 3. The number of fused-ring (bicyclic) bond motifs is 1. The number of nitrogens with one attached hydrogen (secondary N) is 1. The Balaban J connectivity index is 1.19. The summed E-state index contributed by atoms with van der Waals surface area (Å²) in [6, 6.07) is 12.2. The Bertz CT molecular complexity index is 1150. The SMILES string of the molecule is N#Cc1cccnc1N1CCN(C(=O)CNC(=O)C2c3ccccc3C(=O)N2C2CC2)CC1. The lowest BCUT2D eigenvalue weighted by molar-refractivity contribution is -0.134. The van der Waals surface area contributed by atoms with Crippen molar-refractivity contribution in [3.63, 3.8) is 0 Å². The van der Waals surface area contributed by atoms with Crippen LogP contribution in [0.3, 0.4) is 0 Å². The Morgan fingerprint density at radius 1 is 1.09 bits per heavy atom. The molecule has 1 saturated carbocycles. The lowest BCUT2D eigenvalue weighted by Gasteiger charge is -2.35. The Kier molecular flexibility index (Phi) is 5.42. The summed E-state index contributed by atoms with van der Waals surface area (Å²) in [7, 11) is 0. The second-order valence-electron chi connectivity index (χ2n) is 8.51. The van der Waals surface area contributed by atoms with Gasteiger partial charge < -0.3 is 20.0 Å². The smallest absolute Gasteiger partial charge is 0.255 e. The molecule has 1 atom stereocenters. The highest BCUT2D eigenvalue weighted by molar-refractivity contribution is 6.05. The van der Waals surface area contributed by atoms with Crippen LogP contribution < -0.4 is 10.2 Å². The molecule has 1 aliphatic carbocycles. The summed E-state index contributed by atoms with van der Waals surface area (Å²) in [6.45, 7) is 1.97. The maximum Gasteiger partial charge on any atom is 0.255 e. The van der Waals surface area contributed by atoms with Crippen LogP contribution in [0.1, 0.15) is 40.4 Å². The highest BCUT2D eigenvalue weighted by Crippen LogP contribution is 2.41. The van der Waals surface area contributed by atoms with E-state index in [1.54, 1.807) is 40.3 Å². The molecule has 0 radical (unpaired) electrons. The number of hydrogen-bond donors (Lipinski definition) is 1. The molecule has 168 valence electrons. The molecule has 3 amide bonds. The van der Waals surface area contributed by atoms with Crippen LogP contribution in [0, 0.1) is 11.3 Å². The van der Waals surface area contributed by atoms with Gasteiger partial charge in [-0.1, -0.05) is 18.2 Å². The van der Waals surface area contributed by atoms with Crippen molar-refractivity contribution in [2.24, 2.45) is 0 Å². The molecule has 1 unspecified atom stereocenters. The molecule has 0 spiro atoms. The number of aromatic nitrogens is 1. The standard InChI is InChI=1S/C24H24N6O3/c25-14-16-4-3-9-26-22(16)29-12-10-28(11-13-29)20(31)15-27-23(32)21-18-5-1-2-6-19(18)24(33)30(21)17-7-8-17/h1-6,9,17,21H,7-8,10-13,15H2,(H,27,32). The van der Waals surface area contributed by atoms with Crippen LogP contribution in [0.5, 0.6) is 0 Å². The fourth-order valence-electron chi connectivity index (χ4n) is 4.61. The van der Waals surface area contributed by atoms with Crippen LogP contribution in [0.2, 0.25) is 0 Å². The van der Waals surface area contributed by atoms with E-state index in [9.17, 15) is 19.6 Å². The predicted molar refractivity (Wildman–Crippen MR) is 119 cm³/mol. The van der Waals surface area contributed by atoms with Crippen LogP contribution in [0.4, 0.5) is 5.82 Å². The first-order valence-electron chi connectivity index (χ1n) is 11.2. The van der Waals surface area contributed by atoms with Crippen LogP contribution >= 0.6 is 0 Å². The largest absolute Gasteiger partial charge is 0.352 e. The monoisotopic (exact) mass is 444 g/mol.